The molecule has 0 spiro atoms. The average molecular weight is 443 g/mol. The van der Waals surface area contributed by atoms with Gasteiger partial charge in [0.1, 0.15) is 17.7 Å². The summed E-state index contributed by atoms with van der Waals surface area (Å²) in [6.45, 7) is 2.05. The molecule has 2 amide bonds. The zero-order valence-corrected chi connectivity index (χ0v) is 17.7. The summed E-state index contributed by atoms with van der Waals surface area (Å²) in [4.78, 5) is 25.3. The molecule has 0 saturated heterocycles. The van der Waals surface area contributed by atoms with Crippen LogP contribution in [0.15, 0.2) is 42.5 Å². The van der Waals surface area contributed by atoms with Crippen molar-refractivity contribution < 1.29 is 18.7 Å². The van der Waals surface area contributed by atoms with E-state index in [-0.39, 0.29) is 30.7 Å². The van der Waals surface area contributed by atoms with Gasteiger partial charge in [-0.1, -0.05) is 29.8 Å². The van der Waals surface area contributed by atoms with Crippen molar-refractivity contribution in [3.05, 3.63) is 64.6 Å². The maximum atomic E-state index is 13.4. The Bertz CT molecular complexity index is 1160. The summed E-state index contributed by atoms with van der Waals surface area (Å²) in [7, 11) is 1.54. The van der Waals surface area contributed by atoms with Gasteiger partial charge >= 0.3 is 0 Å². The molecule has 2 aromatic carbocycles. The van der Waals surface area contributed by atoms with E-state index in [1.54, 1.807) is 30.3 Å². The minimum absolute atomic E-state index is 0.109. The van der Waals surface area contributed by atoms with Crippen molar-refractivity contribution in [2.75, 3.05) is 17.7 Å². The van der Waals surface area contributed by atoms with E-state index in [9.17, 15) is 14.0 Å². The zero-order chi connectivity index (χ0) is 22.1. The topological polar surface area (TPSA) is 85.2 Å². The molecule has 7 nitrogen and oxygen atoms in total. The van der Waals surface area contributed by atoms with Gasteiger partial charge in [-0.3, -0.25) is 9.59 Å². The van der Waals surface area contributed by atoms with Crippen molar-refractivity contribution in [3.8, 4) is 11.1 Å². The Labute approximate surface area is 183 Å². The average Bonchev–Trinajstić information content (AvgIpc) is 3.21. The first-order valence-corrected chi connectivity index (χ1v) is 9.98. The highest BCUT2D eigenvalue weighted by Gasteiger charge is 2.37. The molecule has 31 heavy (non-hydrogen) atoms. The minimum atomic E-state index is -0.820. The second kappa shape index (κ2) is 8.49. The molecule has 0 fully saturated rings. The van der Waals surface area contributed by atoms with Gasteiger partial charge in [0.2, 0.25) is 5.91 Å². The molecule has 3 aromatic rings. The number of rotatable bonds is 6. The number of carbonyl (C=O) groups is 2. The van der Waals surface area contributed by atoms with E-state index in [4.69, 9.17) is 16.3 Å². The zero-order valence-electron chi connectivity index (χ0n) is 16.9. The van der Waals surface area contributed by atoms with Crippen LogP contribution in [0, 0.1) is 12.7 Å². The first kappa shape index (κ1) is 21.0. The molecule has 4 rings (SSSR count). The lowest BCUT2D eigenvalue weighted by atomic mass is 10.1. The van der Waals surface area contributed by atoms with E-state index in [2.05, 4.69) is 15.7 Å². The number of halogens is 2. The van der Waals surface area contributed by atoms with Crippen LogP contribution in [-0.4, -0.2) is 28.7 Å². The van der Waals surface area contributed by atoms with Crippen molar-refractivity contribution in [2.45, 2.75) is 26.0 Å². The third-order valence-corrected chi connectivity index (χ3v) is 5.32. The van der Waals surface area contributed by atoms with Gasteiger partial charge in [-0.2, -0.15) is 5.10 Å². The van der Waals surface area contributed by atoms with E-state index in [0.29, 0.717) is 33.3 Å². The van der Waals surface area contributed by atoms with Crippen molar-refractivity contribution in [1.82, 2.24) is 9.78 Å². The maximum Gasteiger partial charge on any atom is 0.251 e. The Morgan fingerprint density at radius 1 is 1.29 bits per heavy atom. The van der Waals surface area contributed by atoms with Gasteiger partial charge in [0.15, 0.2) is 0 Å². The Balaban J connectivity index is 1.63. The molecular weight excluding hydrogens is 423 g/mol. The lowest BCUT2D eigenvalue weighted by Crippen LogP contribution is -2.24. The second-order valence-electron chi connectivity index (χ2n) is 7.27. The first-order valence-electron chi connectivity index (χ1n) is 9.60. The van der Waals surface area contributed by atoms with E-state index in [0.717, 1.165) is 5.56 Å². The normalized spacial score (nSPS) is 15.0. The monoisotopic (exact) mass is 442 g/mol. The molecule has 0 aliphatic carbocycles. The van der Waals surface area contributed by atoms with Gasteiger partial charge in [0, 0.05) is 23.4 Å². The Kier molecular flexibility index (Phi) is 5.75. The molecule has 160 valence electrons. The van der Waals surface area contributed by atoms with Crippen LogP contribution in [0.1, 0.15) is 23.7 Å². The van der Waals surface area contributed by atoms with Crippen LogP contribution in [-0.2, 0) is 20.9 Å². The number of amides is 2. The maximum absolute atomic E-state index is 13.4. The number of fused-ring (bicyclic) bond motifs is 1. The molecule has 1 atom stereocenters. The van der Waals surface area contributed by atoms with Crippen molar-refractivity contribution in [2.24, 2.45) is 0 Å². The highest BCUT2D eigenvalue weighted by molar-refractivity contribution is 6.31. The summed E-state index contributed by atoms with van der Waals surface area (Å²) in [6.07, 6.45) is -0.109. The van der Waals surface area contributed by atoms with Gasteiger partial charge in [0.05, 0.1) is 18.7 Å². The van der Waals surface area contributed by atoms with Crippen LogP contribution in [0.3, 0.4) is 0 Å². The third-order valence-electron chi connectivity index (χ3n) is 5.09. The fraction of sp³-hybridized carbons (Fsp3) is 0.227. The summed E-state index contributed by atoms with van der Waals surface area (Å²) < 4.78 is 20.1. The van der Waals surface area contributed by atoms with Crippen LogP contribution >= 0.6 is 11.6 Å². The van der Waals surface area contributed by atoms with Crippen LogP contribution in [0.25, 0.3) is 11.1 Å². The molecule has 0 bridgehead atoms. The largest absolute Gasteiger partial charge is 0.378 e. The number of ether oxygens (including phenoxy) is 1. The highest BCUT2D eigenvalue weighted by atomic mass is 35.5. The Morgan fingerprint density at radius 2 is 2.03 bits per heavy atom. The number of nitrogens with zero attached hydrogens (tertiary/aromatic N) is 2. The first-order chi connectivity index (χ1) is 14.9. The lowest BCUT2D eigenvalue weighted by molar-refractivity contribution is -0.123. The second-order valence-corrected chi connectivity index (χ2v) is 7.71. The number of aromatic nitrogens is 2. The van der Waals surface area contributed by atoms with Crippen molar-refractivity contribution >= 4 is 34.9 Å². The quantitative estimate of drug-likeness (QED) is 0.595. The van der Waals surface area contributed by atoms with Gasteiger partial charge in [0.25, 0.3) is 5.91 Å². The summed E-state index contributed by atoms with van der Waals surface area (Å²) in [5, 5.41) is 10.6. The predicted octanol–water partition coefficient (Wildman–Crippen LogP) is 4.32. The van der Waals surface area contributed by atoms with Crippen molar-refractivity contribution in [3.63, 3.8) is 0 Å². The number of aryl methyl sites for hydroxylation is 1. The summed E-state index contributed by atoms with van der Waals surface area (Å²) in [6, 6.07) is 10.3. The predicted molar refractivity (Wildman–Crippen MR) is 115 cm³/mol. The van der Waals surface area contributed by atoms with E-state index in [1.807, 2.05) is 6.92 Å². The molecule has 1 unspecified atom stereocenters. The molecular formula is C22H20ClFN4O3. The SMILES string of the molecule is COCc1nn2c(c1-c1ccc(F)cc1)NC(=O)C2CC(=O)Nc1cc(Cl)ccc1C. The Morgan fingerprint density at radius 3 is 2.74 bits per heavy atom. The molecule has 9 heteroatoms. The van der Waals surface area contributed by atoms with Gasteiger partial charge in [-0.25, -0.2) is 9.07 Å². The molecule has 0 radical (unpaired) electrons. The number of benzene rings is 2. The highest BCUT2D eigenvalue weighted by Crippen LogP contribution is 2.39. The number of anilines is 2. The standard InChI is InChI=1S/C22H20ClFN4O3/c1-12-3-6-14(23)9-16(12)25-19(29)10-18-22(30)26-21-20(13-4-7-15(24)8-5-13)17(11-31-2)27-28(18)21/h3-9,18H,10-11H2,1-2H3,(H,25,29)(H,26,30). The molecule has 1 aromatic heterocycles. The van der Waals surface area contributed by atoms with Crippen molar-refractivity contribution in [1.29, 1.82) is 0 Å². The van der Waals surface area contributed by atoms with Crippen LogP contribution in [0.5, 0.6) is 0 Å². The molecule has 1 aliphatic heterocycles. The van der Waals surface area contributed by atoms with Gasteiger partial charge < -0.3 is 15.4 Å². The van der Waals surface area contributed by atoms with E-state index in [1.165, 1.54) is 23.9 Å². The summed E-state index contributed by atoms with van der Waals surface area (Å²) in [5.41, 5.74) is 3.36. The van der Waals surface area contributed by atoms with E-state index >= 15 is 0 Å². The number of carbonyl (C=O) groups excluding carboxylic acids is 2. The summed E-state index contributed by atoms with van der Waals surface area (Å²) in [5.74, 6) is -0.588. The molecule has 2 heterocycles. The molecule has 0 saturated carbocycles. The molecule has 1 aliphatic rings. The van der Waals surface area contributed by atoms with Gasteiger partial charge in [-0.15, -0.1) is 0 Å². The van der Waals surface area contributed by atoms with Gasteiger partial charge in [-0.05, 0) is 42.3 Å². The summed E-state index contributed by atoms with van der Waals surface area (Å²) >= 11 is 6.01. The van der Waals surface area contributed by atoms with E-state index < -0.39 is 6.04 Å². The fourth-order valence-electron chi connectivity index (χ4n) is 3.58. The van der Waals surface area contributed by atoms with Crippen LogP contribution in [0.4, 0.5) is 15.9 Å². The number of hydrogen-bond acceptors (Lipinski definition) is 4. The Hall–Kier alpha value is -3.23. The van der Waals surface area contributed by atoms with Crippen LogP contribution in [0.2, 0.25) is 5.02 Å². The molecule has 2 N–H and O–H groups in total. The number of methoxy groups -OCH3 is 1. The minimum Gasteiger partial charge on any atom is -0.378 e. The number of nitrogens with one attached hydrogen (secondary N) is 2. The third kappa shape index (κ3) is 4.17. The van der Waals surface area contributed by atoms with Crippen LogP contribution < -0.4 is 10.6 Å². The smallest absolute Gasteiger partial charge is 0.251 e. The lowest BCUT2D eigenvalue weighted by Gasteiger charge is -2.12. The number of hydrogen-bond donors (Lipinski definition) is 2. The fourth-order valence-corrected chi connectivity index (χ4v) is 3.75.